The number of aliphatic carboxylic acids is 1. The fourth-order valence-corrected chi connectivity index (χ4v) is 4.71. The molecule has 2 aliphatic heterocycles. The van der Waals surface area contributed by atoms with Gasteiger partial charge in [-0.2, -0.15) is 0 Å². The van der Waals surface area contributed by atoms with Crippen molar-refractivity contribution in [3.05, 3.63) is 53.6 Å². The van der Waals surface area contributed by atoms with E-state index < -0.39 is 23.8 Å². The van der Waals surface area contributed by atoms with E-state index in [0.29, 0.717) is 30.3 Å². The number of hydrogen-bond donors (Lipinski definition) is 1. The summed E-state index contributed by atoms with van der Waals surface area (Å²) in [7, 11) is 3.35. The van der Waals surface area contributed by atoms with Crippen molar-refractivity contribution in [1.29, 1.82) is 0 Å². The molecule has 3 atom stereocenters. The van der Waals surface area contributed by atoms with Gasteiger partial charge < -0.3 is 29.1 Å². The first-order chi connectivity index (χ1) is 15.9. The minimum atomic E-state index is -0.940. The number of hydrogen-bond acceptors (Lipinski definition) is 5. The molecule has 33 heavy (non-hydrogen) atoms. The van der Waals surface area contributed by atoms with Gasteiger partial charge in [-0.25, -0.2) is 4.79 Å². The highest BCUT2D eigenvalue weighted by Gasteiger charge is 2.50. The van der Waals surface area contributed by atoms with Crippen LogP contribution in [0.1, 0.15) is 42.9 Å². The second kappa shape index (κ2) is 9.60. The number of likely N-dealkylation sites (tertiary alicyclic amines) is 1. The average molecular weight is 455 g/mol. The number of carbonyl (C=O) groups is 2. The van der Waals surface area contributed by atoms with Crippen LogP contribution in [0.25, 0.3) is 0 Å². The SMILES string of the molecule is CCCCN(C)C(=O)N1CC(c2ccc3c(c2)OCO3)[C@H](C(=O)O)[C@H]1c1ccc(OC)cc1. The molecule has 0 radical (unpaired) electrons. The highest BCUT2D eigenvalue weighted by Crippen LogP contribution is 2.48. The van der Waals surface area contributed by atoms with E-state index in [1.807, 2.05) is 24.3 Å². The Hall–Kier alpha value is -3.42. The summed E-state index contributed by atoms with van der Waals surface area (Å²) in [5.41, 5.74) is 1.58. The number of methoxy groups -OCH3 is 1. The summed E-state index contributed by atoms with van der Waals surface area (Å²) in [5.74, 6) is -0.237. The first kappa shape index (κ1) is 22.8. The van der Waals surface area contributed by atoms with Crippen molar-refractivity contribution in [2.24, 2.45) is 5.92 Å². The molecule has 0 saturated carbocycles. The van der Waals surface area contributed by atoms with E-state index in [1.165, 1.54) is 0 Å². The van der Waals surface area contributed by atoms with E-state index in [2.05, 4.69) is 6.92 Å². The second-order valence-electron chi connectivity index (χ2n) is 8.51. The van der Waals surface area contributed by atoms with Gasteiger partial charge in [-0.1, -0.05) is 31.5 Å². The van der Waals surface area contributed by atoms with E-state index >= 15 is 0 Å². The van der Waals surface area contributed by atoms with Gasteiger partial charge >= 0.3 is 12.0 Å². The Balaban J connectivity index is 1.74. The zero-order valence-electron chi connectivity index (χ0n) is 19.2. The summed E-state index contributed by atoms with van der Waals surface area (Å²) in [5, 5.41) is 10.3. The lowest BCUT2D eigenvalue weighted by molar-refractivity contribution is -0.143. The average Bonchev–Trinajstić information content (AvgIpc) is 3.46. The van der Waals surface area contributed by atoms with Crippen LogP contribution in [0.15, 0.2) is 42.5 Å². The van der Waals surface area contributed by atoms with Crippen LogP contribution in [0, 0.1) is 5.92 Å². The molecule has 176 valence electrons. The zero-order valence-corrected chi connectivity index (χ0v) is 19.2. The molecule has 0 aromatic heterocycles. The number of carboxylic acids is 1. The molecule has 4 rings (SSSR count). The number of urea groups is 1. The number of ether oxygens (including phenoxy) is 3. The molecule has 1 N–H and O–H groups in total. The van der Waals surface area contributed by atoms with Crippen molar-refractivity contribution in [2.75, 3.05) is 34.0 Å². The molecule has 0 spiro atoms. The largest absolute Gasteiger partial charge is 0.497 e. The highest BCUT2D eigenvalue weighted by atomic mass is 16.7. The van der Waals surface area contributed by atoms with Crippen LogP contribution in [0.4, 0.5) is 4.79 Å². The van der Waals surface area contributed by atoms with Crippen molar-refractivity contribution in [1.82, 2.24) is 9.80 Å². The molecule has 2 amide bonds. The first-order valence-electron chi connectivity index (χ1n) is 11.2. The summed E-state index contributed by atoms with van der Waals surface area (Å²) in [6.45, 7) is 3.13. The normalized spacial score (nSPS) is 21.2. The van der Waals surface area contributed by atoms with Crippen molar-refractivity contribution >= 4 is 12.0 Å². The predicted octanol–water partition coefficient (Wildman–Crippen LogP) is 4.12. The molecule has 0 aliphatic carbocycles. The Labute approximate surface area is 193 Å². The van der Waals surface area contributed by atoms with Crippen LogP contribution in [0.5, 0.6) is 17.2 Å². The van der Waals surface area contributed by atoms with Crippen LogP contribution in [-0.4, -0.2) is 60.9 Å². The molecule has 8 heteroatoms. The Kier molecular flexibility index (Phi) is 6.62. The minimum absolute atomic E-state index is 0.146. The third kappa shape index (κ3) is 4.42. The van der Waals surface area contributed by atoms with E-state index in [-0.39, 0.29) is 12.8 Å². The van der Waals surface area contributed by atoms with E-state index in [9.17, 15) is 14.7 Å². The lowest BCUT2D eigenvalue weighted by Gasteiger charge is -2.31. The van der Waals surface area contributed by atoms with Crippen LogP contribution in [-0.2, 0) is 4.79 Å². The number of fused-ring (bicyclic) bond motifs is 1. The van der Waals surface area contributed by atoms with E-state index in [4.69, 9.17) is 14.2 Å². The third-order valence-electron chi connectivity index (χ3n) is 6.49. The molecule has 2 aromatic rings. The highest BCUT2D eigenvalue weighted by molar-refractivity contribution is 5.80. The van der Waals surface area contributed by atoms with Crippen molar-refractivity contribution in [3.8, 4) is 17.2 Å². The maximum absolute atomic E-state index is 13.5. The molecule has 2 aliphatic rings. The van der Waals surface area contributed by atoms with Gasteiger partial charge in [-0.15, -0.1) is 0 Å². The Morgan fingerprint density at radius 2 is 1.82 bits per heavy atom. The molecule has 2 aromatic carbocycles. The maximum atomic E-state index is 13.5. The van der Waals surface area contributed by atoms with Crippen LogP contribution in [0.3, 0.4) is 0 Å². The lowest BCUT2D eigenvalue weighted by Crippen LogP contribution is -2.42. The molecule has 1 unspecified atom stereocenters. The number of rotatable bonds is 7. The van der Waals surface area contributed by atoms with Crippen LogP contribution in [0.2, 0.25) is 0 Å². The number of carboxylic acid groups (broad SMARTS) is 1. The fraction of sp³-hybridized carbons (Fsp3) is 0.440. The number of benzene rings is 2. The van der Waals surface area contributed by atoms with Gasteiger partial charge in [0.1, 0.15) is 5.75 Å². The zero-order chi connectivity index (χ0) is 23.5. The smallest absolute Gasteiger partial charge is 0.320 e. The molecular weight excluding hydrogens is 424 g/mol. The van der Waals surface area contributed by atoms with Gasteiger partial charge in [-0.05, 0) is 41.8 Å². The van der Waals surface area contributed by atoms with Crippen molar-refractivity contribution in [3.63, 3.8) is 0 Å². The van der Waals surface area contributed by atoms with Gasteiger partial charge in [-0.3, -0.25) is 4.79 Å². The number of amides is 2. The van der Waals surface area contributed by atoms with Gasteiger partial charge in [0.15, 0.2) is 11.5 Å². The first-order valence-corrected chi connectivity index (χ1v) is 11.2. The summed E-state index contributed by atoms with van der Waals surface area (Å²) in [6, 6.07) is 12.0. The molecule has 1 fully saturated rings. The van der Waals surface area contributed by atoms with Crippen LogP contribution < -0.4 is 14.2 Å². The quantitative estimate of drug-likeness (QED) is 0.677. The molecule has 8 nitrogen and oxygen atoms in total. The fourth-order valence-electron chi connectivity index (χ4n) is 4.71. The van der Waals surface area contributed by atoms with Gasteiger partial charge in [0.05, 0.1) is 19.1 Å². The maximum Gasteiger partial charge on any atom is 0.320 e. The monoisotopic (exact) mass is 454 g/mol. The lowest BCUT2D eigenvalue weighted by atomic mass is 9.83. The topological polar surface area (TPSA) is 88.5 Å². The molecule has 1 saturated heterocycles. The Bertz CT molecular complexity index is 1010. The Morgan fingerprint density at radius 3 is 2.48 bits per heavy atom. The molecule has 0 bridgehead atoms. The number of nitrogens with zero attached hydrogens (tertiary/aromatic N) is 2. The van der Waals surface area contributed by atoms with E-state index in [1.54, 1.807) is 42.2 Å². The molecular formula is C25H30N2O6. The van der Waals surface area contributed by atoms with Crippen LogP contribution >= 0.6 is 0 Å². The number of carbonyl (C=O) groups excluding carboxylic acids is 1. The third-order valence-corrected chi connectivity index (χ3v) is 6.49. The summed E-state index contributed by atoms with van der Waals surface area (Å²) >= 11 is 0. The Morgan fingerprint density at radius 1 is 1.12 bits per heavy atom. The van der Waals surface area contributed by atoms with Gasteiger partial charge in [0.2, 0.25) is 6.79 Å². The summed E-state index contributed by atoms with van der Waals surface area (Å²) < 4.78 is 16.2. The van der Waals surface area contributed by atoms with Gasteiger partial charge in [0.25, 0.3) is 0 Å². The molecule has 2 heterocycles. The summed E-state index contributed by atoms with van der Waals surface area (Å²) in [6.07, 6.45) is 1.86. The summed E-state index contributed by atoms with van der Waals surface area (Å²) in [4.78, 5) is 29.5. The van der Waals surface area contributed by atoms with Gasteiger partial charge in [0, 0.05) is 26.1 Å². The number of unbranched alkanes of at least 4 members (excludes halogenated alkanes) is 1. The minimum Gasteiger partial charge on any atom is -0.497 e. The predicted molar refractivity (Wildman–Crippen MR) is 122 cm³/mol. The van der Waals surface area contributed by atoms with Crippen molar-refractivity contribution < 1.29 is 28.9 Å². The second-order valence-corrected chi connectivity index (χ2v) is 8.51. The van der Waals surface area contributed by atoms with Crippen molar-refractivity contribution in [2.45, 2.75) is 31.7 Å². The standard InChI is InChI=1S/C25H30N2O6/c1-4-5-12-26(2)25(30)27-14-19(17-8-11-20-21(13-17)33-15-32-20)22(24(28)29)23(27)16-6-9-18(31-3)10-7-16/h6-11,13,19,22-23H,4-5,12,14-15H2,1-3H3,(H,28,29)/t19?,22-,23+/m0/s1. The van der Waals surface area contributed by atoms with E-state index in [0.717, 1.165) is 24.0 Å².